The minimum Gasteiger partial charge on any atom is -0.349 e. The molecule has 2 N–H and O–H groups in total. The van der Waals surface area contributed by atoms with E-state index < -0.39 is 0 Å². The molecule has 0 radical (unpaired) electrons. The van der Waals surface area contributed by atoms with E-state index in [0.29, 0.717) is 24.2 Å². The Labute approximate surface area is 121 Å². The predicted octanol–water partition coefficient (Wildman–Crippen LogP) is 2.04. The van der Waals surface area contributed by atoms with Crippen molar-refractivity contribution in [1.29, 1.82) is 0 Å². The minimum atomic E-state index is -0.0667. The molecule has 1 aromatic heterocycles. The lowest BCUT2D eigenvalue weighted by Gasteiger charge is -2.33. The molecule has 0 unspecified atom stereocenters. The summed E-state index contributed by atoms with van der Waals surface area (Å²) in [7, 11) is 0. The second-order valence-electron chi connectivity index (χ2n) is 5.94. The molecule has 20 heavy (non-hydrogen) atoms. The van der Waals surface area contributed by atoms with Gasteiger partial charge in [-0.25, -0.2) is 0 Å². The molecule has 5 nitrogen and oxygen atoms in total. The number of hydrogen-bond donors (Lipinski definition) is 2. The van der Waals surface area contributed by atoms with Gasteiger partial charge in [0.1, 0.15) is 5.69 Å². The van der Waals surface area contributed by atoms with Crippen molar-refractivity contribution < 1.29 is 4.79 Å². The summed E-state index contributed by atoms with van der Waals surface area (Å²) < 4.78 is 0. The van der Waals surface area contributed by atoms with Gasteiger partial charge in [-0.15, -0.1) is 0 Å². The smallest absolute Gasteiger partial charge is 0.269 e. The quantitative estimate of drug-likeness (QED) is 0.866. The Bertz CT molecular complexity index is 394. The summed E-state index contributed by atoms with van der Waals surface area (Å²) in [5.41, 5.74) is 0.531. The summed E-state index contributed by atoms with van der Waals surface area (Å²) in [6.07, 6.45) is 6.82. The molecule has 5 heteroatoms. The predicted molar refractivity (Wildman–Crippen MR) is 79.6 cm³/mol. The van der Waals surface area contributed by atoms with E-state index in [0.717, 1.165) is 13.1 Å². The van der Waals surface area contributed by atoms with Crippen LogP contribution in [-0.2, 0) is 0 Å². The maximum absolute atomic E-state index is 12.0. The molecule has 0 bridgehead atoms. The molecule has 1 amide bonds. The Kier molecular flexibility index (Phi) is 5.59. The molecule has 1 atom stereocenters. The molecule has 2 rings (SSSR count). The van der Waals surface area contributed by atoms with Gasteiger partial charge >= 0.3 is 0 Å². The van der Waals surface area contributed by atoms with Gasteiger partial charge in [0.05, 0.1) is 0 Å². The van der Waals surface area contributed by atoms with E-state index in [-0.39, 0.29) is 5.91 Å². The Morgan fingerprint density at radius 3 is 2.60 bits per heavy atom. The van der Waals surface area contributed by atoms with E-state index in [2.05, 4.69) is 34.3 Å². The lowest BCUT2D eigenvalue weighted by molar-refractivity contribution is 0.0912. The molecule has 2 heterocycles. The van der Waals surface area contributed by atoms with Crippen LogP contribution in [0, 0.1) is 5.92 Å². The van der Waals surface area contributed by atoms with E-state index in [4.69, 9.17) is 0 Å². The molecular formula is C15H26N4O. The average Bonchev–Trinajstić information content (AvgIpc) is 2.83. The van der Waals surface area contributed by atoms with E-state index >= 15 is 0 Å². The number of carbonyl (C=O) groups excluding carboxylic acids is 1. The normalized spacial score (nSPS) is 18.8. The highest BCUT2D eigenvalue weighted by atomic mass is 16.1. The van der Waals surface area contributed by atoms with Crippen molar-refractivity contribution in [3.63, 3.8) is 0 Å². The minimum absolute atomic E-state index is 0.0667. The number of aromatic amines is 1. The third kappa shape index (κ3) is 4.07. The van der Waals surface area contributed by atoms with Crippen LogP contribution >= 0.6 is 0 Å². The highest BCUT2D eigenvalue weighted by Gasteiger charge is 2.23. The molecule has 1 aliphatic heterocycles. The molecule has 1 fully saturated rings. The first-order chi connectivity index (χ1) is 9.68. The summed E-state index contributed by atoms with van der Waals surface area (Å²) >= 11 is 0. The van der Waals surface area contributed by atoms with Crippen LogP contribution in [0.1, 0.15) is 50.0 Å². The van der Waals surface area contributed by atoms with Gasteiger partial charge < -0.3 is 5.32 Å². The van der Waals surface area contributed by atoms with Crippen molar-refractivity contribution in [2.24, 2.45) is 5.92 Å². The summed E-state index contributed by atoms with van der Waals surface area (Å²) in [5.74, 6) is 0.470. The SMILES string of the molecule is CC(C)[C@H](CNC(=O)c1ccn[nH]1)N1CCCCCC1. The zero-order chi connectivity index (χ0) is 14.4. The summed E-state index contributed by atoms with van der Waals surface area (Å²) in [4.78, 5) is 14.5. The van der Waals surface area contributed by atoms with Crippen molar-refractivity contribution in [2.75, 3.05) is 19.6 Å². The molecule has 0 spiro atoms. The van der Waals surface area contributed by atoms with Crippen LogP contribution in [0.2, 0.25) is 0 Å². The van der Waals surface area contributed by atoms with Gasteiger partial charge in [-0.1, -0.05) is 26.7 Å². The fraction of sp³-hybridized carbons (Fsp3) is 0.733. The zero-order valence-electron chi connectivity index (χ0n) is 12.6. The Morgan fingerprint density at radius 2 is 2.05 bits per heavy atom. The number of carbonyl (C=O) groups is 1. The van der Waals surface area contributed by atoms with Gasteiger partial charge in [0.2, 0.25) is 0 Å². The Hall–Kier alpha value is -1.36. The van der Waals surface area contributed by atoms with Crippen LogP contribution in [-0.4, -0.2) is 46.7 Å². The van der Waals surface area contributed by atoms with Gasteiger partial charge in [-0.3, -0.25) is 14.8 Å². The van der Waals surface area contributed by atoms with E-state index in [1.165, 1.54) is 25.7 Å². The van der Waals surface area contributed by atoms with Crippen molar-refractivity contribution in [1.82, 2.24) is 20.4 Å². The van der Waals surface area contributed by atoms with Crippen LogP contribution in [0.5, 0.6) is 0 Å². The van der Waals surface area contributed by atoms with Crippen LogP contribution < -0.4 is 5.32 Å². The second-order valence-corrected chi connectivity index (χ2v) is 5.94. The third-order valence-electron chi connectivity index (χ3n) is 4.10. The standard InChI is InChI=1S/C15H26N4O/c1-12(2)14(19-9-5-3-4-6-10-19)11-16-15(20)13-7-8-17-18-13/h7-8,12,14H,3-6,9-11H2,1-2H3,(H,16,20)(H,17,18)/t14-/m0/s1. The maximum atomic E-state index is 12.0. The zero-order valence-corrected chi connectivity index (χ0v) is 12.6. The van der Waals surface area contributed by atoms with Crippen LogP contribution in [0.3, 0.4) is 0 Å². The number of nitrogens with one attached hydrogen (secondary N) is 2. The van der Waals surface area contributed by atoms with Crippen LogP contribution in [0.25, 0.3) is 0 Å². The Morgan fingerprint density at radius 1 is 1.35 bits per heavy atom. The molecule has 1 aliphatic rings. The first kappa shape index (κ1) is 15.0. The van der Waals surface area contributed by atoms with Crippen molar-refractivity contribution in [3.05, 3.63) is 18.0 Å². The van der Waals surface area contributed by atoms with Crippen LogP contribution in [0.4, 0.5) is 0 Å². The van der Waals surface area contributed by atoms with Gasteiger partial charge in [-0.05, 0) is 37.9 Å². The molecule has 1 saturated heterocycles. The number of amides is 1. The van der Waals surface area contributed by atoms with Crippen LogP contribution in [0.15, 0.2) is 12.3 Å². The van der Waals surface area contributed by atoms with Gasteiger partial charge in [-0.2, -0.15) is 5.10 Å². The molecule has 0 aromatic carbocycles. The number of nitrogens with zero attached hydrogens (tertiary/aromatic N) is 2. The highest BCUT2D eigenvalue weighted by Crippen LogP contribution is 2.17. The summed E-state index contributed by atoms with van der Waals surface area (Å²) in [6.45, 7) is 7.48. The van der Waals surface area contributed by atoms with E-state index in [9.17, 15) is 4.79 Å². The molecule has 0 saturated carbocycles. The molecule has 0 aliphatic carbocycles. The number of rotatable bonds is 5. The first-order valence-corrected chi connectivity index (χ1v) is 7.70. The number of H-pyrrole nitrogens is 1. The first-order valence-electron chi connectivity index (χ1n) is 7.70. The lowest BCUT2D eigenvalue weighted by atomic mass is 10.0. The molecule has 112 valence electrons. The summed E-state index contributed by atoms with van der Waals surface area (Å²) in [5, 5.41) is 9.55. The number of hydrogen-bond acceptors (Lipinski definition) is 3. The van der Waals surface area contributed by atoms with E-state index in [1.807, 2.05) is 0 Å². The number of aromatic nitrogens is 2. The molecular weight excluding hydrogens is 252 g/mol. The second kappa shape index (κ2) is 7.43. The summed E-state index contributed by atoms with van der Waals surface area (Å²) in [6, 6.07) is 2.12. The van der Waals surface area contributed by atoms with Crippen molar-refractivity contribution >= 4 is 5.91 Å². The Balaban J connectivity index is 1.90. The highest BCUT2D eigenvalue weighted by molar-refractivity contribution is 5.92. The average molecular weight is 278 g/mol. The topological polar surface area (TPSA) is 61.0 Å². The third-order valence-corrected chi connectivity index (χ3v) is 4.10. The van der Waals surface area contributed by atoms with Crippen molar-refractivity contribution in [2.45, 2.75) is 45.6 Å². The number of likely N-dealkylation sites (tertiary alicyclic amines) is 1. The van der Waals surface area contributed by atoms with Crippen molar-refractivity contribution in [3.8, 4) is 0 Å². The fourth-order valence-electron chi connectivity index (χ4n) is 2.89. The monoisotopic (exact) mass is 278 g/mol. The lowest BCUT2D eigenvalue weighted by Crippen LogP contribution is -2.47. The van der Waals surface area contributed by atoms with Gasteiger partial charge in [0, 0.05) is 18.8 Å². The maximum Gasteiger partial charge on any atom is 0.269 e. The van der Waals surface area contributed by atoms with E-state index in [1.54, 1.807) is 12.3 Å². The van der Waals surface area contributed by atoms with Gasteiger partial charge in [0.15, 0.2) is 0 Å². The molecule has 1 aromatic rings. The van der Waals surface area contributed by atoms with Gasteiger partial charge in [0.25, 0.3) is 5.91 Å². The largest absolute Gasteiger partial charge is 0.349 e. The fourth-order valence-corrected chi connectivity index (χ4v) is 2.89.